The maximum Gasteiger partial charge on any atom is 0.339 e. The molecule has 3 N–H and O–H groups in total. The molecule has 0 aliphatic heterocycles. The number of primary amides is 1. The van der Waals surface area contributed by atoms with Gasteiger partial charge >= 0.3 is 6.03 Å². The van der Waals surface area contributed by atoms with E-state index in [1.54, 1.807) is 6.92 Å². The smallest absolute Gasteiger partial charge is 0.339 e. The molecular weight excluding hydrogens is 304 g/mol. The molecule has 2 unspecified atom stereocenters. The summed E-state index contributed by atoms with van der Waals surface area (Å²) in [5, 5.41) is 9.80. The van der Waals surface area contributed by atoms with E-state index in [1.165, 1.54) is 0 Å². The van der Waals surface area contributed by atoms with Gasteiger partial charge in [0, 0.05) is 5.56 Å². The van der Waals surface area contributed by atoms with Crippen molar-refractivity contribution in [1.29, 1.82) is 0 Å². The minimum Gasteiger partial charge on any atom is -0.486 e. The first-order chi connectivity index (χ1) is 11.5. The number of hydroxylamine groups is 2. The molecule has 0 fully saturated rings. The maximum absolute atomic E-state index is 10.9. The summed E-state index contributed by atoms with van der Waals surface area (Å²) in [6.07, 6.45) is -0.0869. The first-order valence-electron chi connectivity index (χ1n) is 7.58. The molecule has 0 bridgehead atoms. The minimum atomic E-state index is -0.939. The predicted octanol–water partition coefficient (Wildman–Crippen LogP) is 3.34. The third-order valence-corrected chi connectivity index (χ3v) is 3.43. The fourth-order valence-corrected chi connectivity index (χ4v) is 2.08. The summed E-state index contributed by atoms with van der Waals surface area (Å²) in [6.45, 7) is 3.56. The van der Waals surface area contributed by atoms with Crippen molar-refractivity contribution in [1.82, 2.24) is 5.06 Å². The topological polar surface area (TPSA) is 75.8 Å². The number of urea groups is 1. The molecule has 2 amide bonds. The Kier molecular flexibility index (Phi) is 5.83. The zero-order chi connectivity index (χ0) is 17.5. The third kappa shape index (κ3) is 4.77. The highest BCUT2D eigenvalue weighted by atomic mass is 16.5. The molecule has 2 aromatic rings. The number of amides is 2. The Morgan fingerprint density at radius 1 is 1.17 bits per heavy atom. The van der Waals surface area contributed by atoms with Crippen LogP contribution in [-0.4, -0.2) is 22.3 Å². The van der Waals surface area contributed by atoms with Gasteiger partial charge in [-0.3, -0.25) is 5.21 Å². The van der Waals surface area contributed by atoms with Crippen LogP contribution in [0.1, 0.15) is 31.1 Å². The van der Waals surface area contributed by atoms with Gasteiger partial charge in [-0.15, -0.1) is 0 Å². The average Bonchev–Trinajstić information content (AvgIpc) is 2.60. The van der Waals surface area contributed by atoms with Crippen LogP contribution in [0.15, 0.2) is 54.6 Å². The van der Waals surface area contributed by atoms with Crippen LogP contribution in [0.4, 0.5) is 4.79 Å². The van der Waals surface area contributed by atoms with Gasteiger partial charge in [0.05, 0.1) is 0 Å². The summed E-state index contributed by atoms with van der Waals surface area (Å²) in [7, 11) is 0. The summed E-state index contributed by atoms with van der Waals surface area (Å²) in [5.41, 5.74) is 6.79. The highest BCUT2D eigenvalue weighted by Gasteiger charge is 2.11. The van der Waals surface area contributed by atoms with E-state index in [0.717, 1.165) is 11.1 Å². The number of rotatable bonds is 4. The molecule has 0 aliphatic carbocycles. The number of nitrogens with two attached hydrogens (primary N) is 1. The van der Waals surface area contributed by atoms with Gasteiger partial charge in [0.2, 0.25) is 0 Å². The summed E-state index contributed by atoms with van der Waals surface area (Å²) < 4.78 is 5.93. The molecule has 5 heteroatoms. The van der Waals surface area contributed by atoms with Gasteiger partial charge in [-0.1, -0.05) is 48.2 Å². The van der Waals surface area contributed by atoms with Gasteiger partial charge in [-0.05, 0) is 37.6 Å². The molecule has 5 nitrogen and oxygen atoms in total. The zero-order valence-corrected chi connectivity index (χ0v) is 13.6. The summed E-state index contributed by atoms with van der Waals surface area (Å²) >= 11 is 0. The van der Waals surface area contributed by atoms with Gasteiger partial charge < -0.3 is 10.5 Å². The van der Waals surface area contributed by atoms with E-state index in [-0.39, 0.29) is 6.10 Å². The van der Waals surface area contributed by atoms with Crippen molar-refractivity contribution in [3.05, 3.63) is 65.7 Å². The van der Waals surface area contributed by atoms with Crippen molar-refractivity contribution in [3.8, 4) is 17.6 Å². The summed E-state index contributed by atoms with van der Waals surface area (Å²) in [6, 6.07) is 15.6. The van der Waals surface area contributed by atoms with Crippen molar-refractivity contribution in [2.75, 3.05) is 0 Å². The first kappa shape index (κ1) is 17.4. The largest absolute Gasteiger partial charge is 0.486 e. The lowest BCUT2D eigenvalue weighted by Gasteiger charge is -2.15. The fourth-order valence-electron chi connectivity index (χ4n) is 2.08. The van der Waals surface area contributed by atoms with Crippen LogP contribution in [0.2, 0.25) is 0 Å². The molecule has 124 valence electrons. The first-order valence-corrected chi connectivity index (χ1v) is 7.58. The molecule has 0 spiro atoms. The molecule has 2 aromatic carbocycles. The van der Waals surface area contributed by atoms with E-state index in [9.17, 15) is 10.0 Å². The molecule has 0 aliphatic rings. The van der Waals surface area contributed by atoms with Crippen LogP contribution in [0.3, 0.4) is 0 Å². The quantitative estimate of drug-likeness (QED) is 0.514. The van der Waals surface area contributed by atoms with Crippen LogP contribution in [0.5, 0.6) is 5.75 Å². The third-order valence-electron chi connectivity index (χ3n) is 3.43. The molecule has 2 atom stereocenters. The van der Waals surface area contributed by atoms with Crippen LogP contribution in [0, 0.1) is 11.8 Å². The SMILES string of the molecule is CC(Oc1cccc(C#CC(C)N(O)C(N)=O)c1)c1ccccc1. The minimum absolute atomic E-state index is 0.0869. The molecule has 24 heavy (non-hydrogen) atoms. The molecule has 0 radical (unpaired) electrons. The van der Waals surface area contributed by atoms with Gasteiger partial charge in [0.15, 0.2) is 0 Å². The lowest BCUT2D eigenvalue weighted by atomic mass is 10.1. The molecule has 0 saturated carbocycles. The molecule has 0 aromatic heterocycles. The molecule has 2 rings (SSSR count). The highest BCUT2D eigenvalue weighted by molar-refractivity contribution is 5.71. The molecular formula is C19H20N2O3. The Hall–Kier alpha value is -2.97. The number of ether oxygens (including phenoxy) is 1. The van der Waals surface area contributed by atoms with Gasteiger partial charge in [-0.2, -0.15) is 5.06 Å². The van der Waals surface area contributed by atoms with Crippen LogP contribution in [-0.2, 0) is 0 Å². The van der Waals surface area contributed by atoms with E-state index in [4.69, 9.17) is 10.5 Å². The lowest BCUT2D eigenvalue weighted by Crippen LogP contribution is -2.38. The lowest BCUT2D eigenvalue weighted by molar-refractivity contribution is -0.0536. The monoisotopic (exact) mass is 324 g/mol. The van der Waals surface area contributed by atoms with E-state index < -0.39 is 12.1 Å². The Bertz CT molecular complexity index is 750. The van der Waals surface area contributed by atoms with Crippen molar-refractivity contribution < 1.29 is 14.7 Å². The Morgan fingerprint density at radius 2 is 1.88 bits per heavy atom. The van der Waals surface area contributed by atoms with E-state index >= 15 is 0 Å². The number of carbonyl (C=O) groups excluding carboxylic acids is 1. The molecule has 0 heterocycles. The van der Waals surface area contributed by atoms with Crippen LogP contribution < -0.4 is 10.5 Å². The van der Waals surface area contributed by atoms with Gasteiger partial charge in [-0.25, -0.2) is 4.79 Å². The zero-order valence-electron chi connectivity index (χ0n) is 13.6. The summed E-state index contributed by atoms with van der Waals surface area (Å²) in [4.78, 5) is 10.9. The standard InChI is InChI=1S/C19H20N2O3/c1-14(21(23)19(20)22)11-12-16-7-6-10-18(13-16)24-15(2)17-8-4-3-5-9-17/h3-10,13-15,23H,1-2H3,(H2,20,22). The predicted molar refractivity (Wildman–Crippen MR) is 91.5 cm³/mol. The van der Waals surface area contributed by atoms with Crippen LogP contribution >= 0.6 is 0 Å². The van der Waals surface area contributed by atoms with Crippen molar-refractivity contribution in [2.24, 2.45) is 5.73 Å². The van der Waals surface area contributed by atoms with E-state index in [2.05, 4.69) is 11.8 Å². The van der Waals surface area contributed by atoms with Crippen LogP contribution in [0.25, 0.3) is 0 Å². The average molecular weight is 324 g/mol. The second-order valence-electron chi connectivity index (χ2n) is 5.33. The second-order valence-corrected chi connectivity index (χ2v) is 5.33. The number of hydrogen-bond donors (Lipinski definition) is 2. The van der Waals surface area contributed by atoms with E-state index in [1.807, 2.05) is 61.5 Å². The normalized spacial score (nSPS) is 12.5. The van der Waals surface area contributed by atoms with Gasteiger partial charge in [0.25, 0.3) is 0 Å². The number of carbonyl (C=O) groups is 1. The number of hydrogen-bond acceptors (Lipinski definition) is 3. The maximum atomic E-state index is 10.9. The number of benzene rings is 2. The number of nitrogens with zero attached hydrogens (tertiary/aromatic N) is 1. The fraction of sp³-hybridized carbons (Fsp3) is 0.211. The van der Waals surface area contributed by atoms with Crippen molar-refractivity contribution >= 4 is 6.03 Å². The molecule has 0 saturated heterocycles. The van der Waals surface area contributed by atoms with E-state index in [0.29, 0.717) is 10.8 Å². The summed E-state index contributed by atoms with van der Waals surface area (Å²) in [5.74, 6) is 6.35. The Morgan fingerprint density at radius 3 is 2.54 bits per heavy atom. The Balaban J connectivity index is 2.08. The highest BCUT2D eigenvalue weighted by Crippen LogP contribution is 2.22. The Labute approximate surface area is 141 Å². The second kappa shape index (κ2) is 8.04. The van der Waals surface area contributed by atoms with Crippen molar-refractivity contribution in [2.45, 2.75) is 26.0 Å². The van der Waals surface area contributed by atoms with Crippen molar-refractivity contribution in [3.63, 3.8) is 0 Å². The van der Waals surface area contributed by atoms with Gasteiger partial charge in [0.1, 0.15) is 17.9 Å².